The number of halogens is 1. The van der Waals surface area contributed by atoms with Crippen LogP contribution in [0.1, 0.15) is 28.4 Å². The molecule has 0 saturated carbocycles. The van der Waals surface area contributed by atoms with Gasteiger partial charge in [0.1, 0.15) is 22.9 Å². The molecule has 0 spiro atoms. The van der Waals surface area contributed by atoms with Gasteiger partial charge < -0.3 is 19.9 Å². The maximum atomic E-state index is 12.7. The van der Waals surface area contributed by atoms with E-state index in [4.69, 9.17) is 9.47 Å². The van der Waals surface area contributed by atoms with Gasteiger partial charge in [-0.15, -0.1) is 0 Å². The molecule has 0 aliphatic carbocycles. The summed E-state index contributed by atoms with van der Waals surface area (Å²) in [6.07, 6.45) is 1.34. The van der Waals surface area contributed by atoms with E-state index in [1.165, 1.54) is 19.1 Å². The molecule has 1 amide bonds. The van der Waals surface area contributed by atoms with E-state index in [0.717, 1.165) is 4.47 Å². The molecule has 0 fully saturated rings. The summed E-state index contributed by atoms with van der Waals surface area (Å²) in [5, 5.41) is 12.0. The van der Waals surface area contributed by atoms with Gasteiger partial charge >= 0.3 is 11.9 Å². The highest BCUT2D eigenvalue weighted by atomic mass is 79.9. The molecule has 0 radical (unpaired) electrons. The summed E-state index contributed by atoms with van der Waals surface area (Å²) in [7, 11) is 0. The Balaban J connectivity index is 1.78. The van der Waals surface area contributed by atoms with Crippen LogP contribution in [-0.4, -0.2) is 23.0 Å². The number of nitrogens with one attached hydrogen (secondary N) is 1. The van der Waals surface area contributed by atoms with Gasteiger partial charge in [0.25, 0.3) is 5.91 Å². The number of esters is 1. The molecule has 0 aliphatic rings. The molecule has 8 heteroatoms. The van der Waals surface area contributed by atoms with Crippen LogP contribution in [0, 0.1) is 6.92 Å². The van der Waals surface area contributed by atoms with E-state index < -0.39 is 17.8 Å². The molecule has 7 nitrogen and oxygen atoms in total. The highest BCUT2D eigenvalue weighted by Gasteiger charge is 2.17. The zero-order chi connectivity index (χ0) is 24.0. The predicted molar refractivity (Wildman–Crippen MR) is 126 cm³/mol. The molecular formula is C25H20BrNO6. The van der Waals surface area contributed by atoms with Gasteiger partial charge in [-0.3, -0.25) is 9.59 Å². The number of aliphatic carboxylic acids is 1. The molecule has 0 saturated heterocycles. The first-order chi connectivity index (χ1) is 15.7. The summed E-state index contributed by atoms with van der Waals surface area (Å²) >= 11 is 3.42. The Kier molecular flexibility index (Phi) is 7.63. The third-order valence-electron chi connectivity index (χ3n) is 4.52. The van der Waals surface area contributed by atoms with E-state index in [0.29, 0.717) is 22.6 Å². The van der Waals surface area contributed by atoms with Crippen LogP contribution < -0.4 is 14.8 Å². The Labute approximate surface area is 198 Å². The number of benzene rings is 3. The molecule has 0 unspecified atom stereocenters. The van der Waals surface area contributed by atoms with E-state index in [1.807, 2.05) is 24.3 Å². The number of carbonyl (C=O) groups excluding carboxylic acids is 2. The number of para-hydroxylation sites is 1. The van der Waals surface area contributed by atoms with Crippen molar-refractivity contribution in [1.29, 1.82) is 0 Å². The lowest BCUT2D eigenvalue weighted by Gasteiger charge is -2.12. The van der Waals surface area contributed by atoms with Crippen LogP contribution in [-0.2, 0) is 9.59 Å². The van der Waals surface area contributed by atoms with Crippen LogP contribution in [0.15, 0.2) is 76.9 Å². The fourth-order valence-corrected chi connectivity index (χ4v) is 3.29. The first-order valence-electron chi connectivity index (χ1n) is 9.81. The van der Waals surface area contributed by atoms with Crippen LogP contribution in [0.2, 0.25) is 0 Å². The van der Waals surface area contributed by atoms with Crippen molar-refractivity contribution in [2.75, 3.05) is 0 Å². The Hall–Kier alpha value is -3.91. The van der Waals surface area contributed by atoms with E-state index >= 15 is 0 Å². The van der Waals surface area contributed by atoms with Crippen molar-refractivity contribution in [3.63, 3.8) is 0 Å². The van der Waals surface area contributed by atoms with Gasteiger partial charge in [-0.25, -0.2) is 4.79 Å². The number of hydrogen-bond acceptors (Lipinski definition) is 5. The first kappa shape index (κ1) is 23.7. The maximum absolute atomic E-state index is 12.7. The Morgan fingerprint density at radius 2 is 1.61 bits per heavy atom. The lowest BCUT2D eigenvalue weighted by atomic mass is 10.1. The van der Waals surface area contributed by atoms with Crippen LogP contribution in [0.25, 0.3) is 6.08 Å². The van der Waals surface area contributed by atoms with Gasteiger partial charge in [-0.1, -0.05) is 30.3 Å². The average Bonchev–Trinajstić information content (AvgIpc) is 2.77. The largest absolute Gasteiger partial charge is 0.477 e. The number of carboxylic acids is 1. The van der Waals surface area contributed by atoms with Crippen molar-refractivity contribution in [1.82, 2.24) is 5.32 Å². The van der Waals surface area contributed by atoms with Crippen molar-refractivity contribution in [3.8, 4) is 17.2 Å². The van der Waals surface area contributed by atoms with Crippen molar-refractivity contribution in [3.05, 3.63) is 93.6 Å². The third kappa shape index (κ3) is 6.30. The molecule has 3 rings (SSSR count). The predicted octanol–water partition coefficient (Wildman–Crippen LogP) is 5.33. The minimum atomic E-state index is -1.30. The van der Waals surface area contributed by atoms with Gasteiger partial charge in [-0.05, 0) is 70.9 Å². The maximum Gasteiger partial charge on any atom is 0.352 e. The average molecular weight is 510 g/mol. The zero-order valence-electron chi connectivity index (χ0n) is 17.8. The quantitative estimate of drug-likeness (QED) is 0.253. The zero-order valence-corrected chi connectivity index (χ0v) is 19.4. The number of carbonyl (C=O) groups is 3. The van der Waals surface area contributed by atoms with Crippen LogP contribution in [0.3, 0.4) is 0 Å². The summed E-state index contributed by atoms with van der Waals surface area (Å²) in [6.45, 7) is 2.87. The summed E-state index contributed by atoms with van der Waals surface area (Å²) < 4.78 is 11.7. The number of rotatable bonds is 7. The second kappa shape index (κ2) is 10.6. The molecule has 0 aromatic heterocycles. The van der Waals surface area contributed by atoms with Crippen LogP contribution in [0.4, 0.5) is 0 Å². The topological polar surface area (TPSA) is 102 Å². The fourth-order valence-electron chi connectivity index (χ4n) is 2.92. The van der Waals surface area contributed by atoms with E-state index in [9.17, 15) is 19.5 Å². The highest BCUT2D eigenvalue weighted by Crippen LogP contribution is 2.29. The van der Waals surface area contributed by atoms with Crippen LogP contribution >= 0.6 is 15.9 Å². The van der Waals surface area contributed by atoms with E-state index in [2.05, 4.69) is 21.2 Å². The number of hydrogen-bond donors (Lipinski definition) is 2. The minimum absolute atomic E-state index is 0.193. The molecule has 2 N–H and O–H groups in total. The minimum Gasteiger partial charge on any atom is -0.477 e. The van der Waals surface area contributed by atoms with Gasteiger partial charge in [0.15, 0.2) is 0 Å². The Morgan fingerprint density at radius 3 is 2.24 bits per heavy atom. The van der Waals surface area contributed by atoms with Gasteiger partial charge in [0.05, 0.1) is 4.47 Å². The van der Waals surface area contributed by atoms with Crippen molar-refractivity contribution in [2.24, 2.45) is 0 Å². The third-order valence-corrected chi connectivity index (χ3v) is 5.17. The Bertz CT molecular complexity index is 1230. The second-order valence-electron chi connectivity index (χ2n) is 6.94. The molecule has 33 heavy (non-hydrogen) atoms. The number of carboxylic acid groups (broad SMARTS) is 1. The fraction of sp³-hybridized carbons (Fsp3) is 0.0800. The van der Waals surface area contributed by atoms with E-state index in [-0.39, 0.29) is 17.0 Å². The number of amides is 1. The van der Waals surface area contributed by atoms with Crippen LogP contribution in [0.5, 0.6) is 17.2 Å². The molecule has 3 aromatic rings. The summed E-state index contributed by atoms with van der Waals surface area (Å²) in [5.74, 6) is -1.01. The van der Waals surface area contributed by atoms with Crippen molar-refractivity contribution in [2.45, 2.75) is 13.8 Å². The lowest BCUT2D eigenvalue weighted by Crippen LogP contribution is -2.28. The van der Waals surface area contributed by atoms with Crippen molar-refractivity contribution >= 4 is 39.9 Å². The molecule has 0 heterocycles. The van der Waals surface area contributed by atoms with E-state index in [1.54, 1.807) is 43.3 Å². The van der Waals surface area contributed by atoms with Crippen molar-refractivity contribution < 1.29 is 29.0 Å². The number of ether oxygens (including phenoxy) is 2. The molecule has 0 bridgehead atoms. The molecule has 0 aliphatic heterocycles. The normalized spacial score (nSPS) is 10.9. The molecule has 3 aromatic carbocycles. The highest BCUT2D eigenvalue weighted by molar-refractivity contribution is 9.10. The Morgan fingerprint density at radius 1 is 0.939 bits per heavy atom. The summed E-state index contributed by atoms with van der Waals surface area (Å²) in [4.78, 5) is 35.7. The summed E-state index contributed by atoms with van der Waals surface area (Å²) in [5.41, 5.74) is 0.857. The first-order valence-corrected chi connectivity index (χ1v) is 10.6. The molecular weight excluding hydrogens is 490 g/mol. The summed E-state index contributed by atoms with van der Waals surface area (Å²) in [6, 6.07) is 18.8. The lowest BCUT2D eigenvalue weighted by molar-refractivity contribution is -0.133. The smallest absolute Gasteiger partial charge is 0.352 e. The molecule has 0 atom stereocenters. The monoisotopic (exact) mass is 509 g/mol. The second-order valence-corrected chi connectivity index (χ2v) is 7.80. The van der Waals surface area contributed by atoms with Gasteiger partial charge in [-0.2, -0.15) is 0 Å². The molecule has 168 valence electrons. The van der Waals surface area contributed by atoms with Gasteiger partial charge in [0.2, 0.25) is 0 Å². The SMILES string of the molecule is CC(=O)Oc1cccc(C(=O)NC(=Cc2ccc(Oc3ccccc3Br)cc2)C(=O)O)c1C. The standard InChI is InChI=1S/C25H20BrNO6/c1-15-19(6-5-9-22(15)32-16(2)28)24(29)27-21(25(30)31)14-17-10-12-18(13-11-17)33-23-8-4-3-7-20(23)26/h3-14H,1-2H3,(H,27,29)(H,30,31). The van der Waals surface area contributed by atoms with Gasteiger partial charge in [0, 0.05) is 18.1 Å².